The van der Waals surface area contributed by atoms with Gasteiger partial charge in [-0.1, -0.05) is 42.0 Å². The zero-order valence-corrected chi connectivity index (χ0v) is 18.0. The predicted molar refractivity (Wildman–Crippen MR) is 114 cm³/mol. The molecule has 0 saturated carbocycles. The minimum Gasteiger partial charge on any atom is -0.386 e. The van der Waals surface area contributed by atoms with Crippen LogP contribution in [-0.4, -0.2) is 38.9 Å². The first-order valence-electron chi connectivity index (χ1n) is 10.5. The van der Waals surface area contributed by atoms with Gasteiger partial charge in [-0.25, -0.2) is 13.1 Å². The van der Waals surface area contributed by atoms with Crippen LogP contribution in [0.15, 0.2) is 53.4 Å². The van der Waals surface area contributed by atoms with Gasteiger partial charge in [0.25, 0.3) is 0 Å². The van der Waals surface area contributed by atoms with Crippen molar-refractivity contribution < 1.29 is 23.0 Å². The first-order valence-corrected chi connectivity index (χ1v) is 12.0. The Morgan fingerprint density at radius 2 is 1.47 bits per heavy atom. The molecule has 4 unspecified atom stereocenters. The highest BCUT2D eigenvalue weighted by molar-refractivity contribution is 7.89. The molecular weight excluding hydrogens is 402 g/mol. The molecule has 0 aromatic heterocycles. The molecule has 2 aromatic carbocycles. The maximum Gasteiger partial charge on any atom is 0.241 e. The first kappa shape index (κ1) is 21.5. The van der Waals surface area contributed by atoms with Crippen LogP contribution in [0.2, 0.25) is 0 Å². The second kappa shape index (κ2) is 9.16. The van der Waals surface area contributed by atoms with Crippen molar-refractivity contribution >= 4 is 10.0 Å². The molecule has 2 aliphatic rings. The summed E-state index contributed by atoms with van der Waals surface area (Å²) in [5, 5.41) is 10.6. The highest BCUT2D eigenvalue weighted by Crippen LogP contribution is 2.31. The summed E-state index contributed by atoms with van der Waals surface area (Å²) in [4.78, 5) is 0.238. The molecule has 0 aliphatic carbocycles. The van der Waals surface area contributed by atoms with E-state index in [2.05, 4.69) is 4.72 Å². The quantitative estimate of drug-likeness (QED) is 0.702. The number of aliphatic hydroxyl groups excluding tert-OH is 1. The average Bonchev–Trinajstić information content (AvgIpc) is 3.46. The lowest BCUT2D eigenvalue weighted by atomic mass is 9.96. The summed E-state index contributed by atoms with van der Waals surface area (Å²) >= 11 is 0. The van der Waals surface area contributed by atoms with E-state index in [4.69, 9.17) is 9.47 Å². The second-order valence-electron chi connectivity index (χ2n) is 8.13. The van der Waals surface area contributed by atoms with Crippen molar-refractivity contribution in [2.75, 3.05) is 13.2 Å². The third-order valence-corrected chi connectivity index (χ3v) is 7.36. The Labute approximate surface area is 178 Å². The van der Waals surface area contributed by atoms with E-state index in [0.717, 1.165) is 42.4 Å². The molecule has 0 amide bonds. The fourth-order valence-electron chi connectivity index (χ4n) is 4.14. The van der Waals surface area contributed by atoms with Crippen LogP contribution in [0.4, 0.5) is 0 Å². The lowest BCUT2D eigenvalue weighted by Crippen LogP contribution is -2.36. The summed E-state index contributed by atoms with van der Waals surface area (Å²) in [6.07, 6.45) is 2.43. The molecule has 0 spiro atoms. The minimum absolute atomic E-state index is 0.176. The monoisotopic (exact) mass is 431 g/mol. The van der Waals surface area contributed by atoms with Crippen LogP contribution >= 0.6 is 0 Å². The normalized spacial score (nSPS) is 24.1. The van der Waals surface area contributed by atoms with E-state index < -0.39 is 22.2 Å². The van der Waals surface area contributed by atoms with Gasteiger partial charge in [-0.3, -0.25) is 0 Å². The Hall–Kier alpha value is -1.77. The van der Waals surface area contributed by atoms with Crippen LogP contribution in [0.3, 0.4) is 0 Å². The van der Waals surface area contributed by atoms with Crippen molar-refractivity contribution in [1.29, 1.82) is 0 Å². The number of sulfonamides is 1. The summed E-state index contributed by atoms with van der Waals surface area (Å²) in [5.41, 5.74) is 2.60. The highest BCUT2D eigenvalue weighted by atomic mass is 32.2. The molecule has 2 saturated heterocycles. The SMILES string of the molecule is Cc1ccc(S(=O)(=O)NC(c2ccc(C(O)C3CCCO3)cc2)C2CCCO2)cc1. The lowest BCUT2D eigenvalue weighted by Gasteiger charge is -2.25. The Morgan fingerprint density at radius 3 is 2.03 bits per heavy atom. The maximum atomic E-state index is 13.0. The molecule has 0 bridgehead atoms. The van der Waals surface area contributed by atoms with E-state index in [-0.39, 0.29) is 17.1 Å². The van der Waals surface area contributed by atoms with Crippen LogP contribution in [0.1, 0.15) is 54.5 Å². The molecule has 2 N–H and O–H groups in total. The molecule has 2 aliphatic heterocycles. The average molecular weight is 432 g/mol. The maximum absolute atomic E-state index is 13.0. The van der Waals surface area contributed by atoms with E-state index >= 15 is 0 Å². The summed E-state index contributed by atoms with van der Waals surface area (Å²) in [6, 6.07) is 13.8. The van der Waals surface area contributed by atoms with Crippen molar-refractivity contribution in [3.05, 3.63) is 65.2 Å². The molecule has 6 nitrogen and oxygen atoms in total. The number of hydrogen-bond donors (Lipinski definition) is 2. The Kier molecular flexibility index (Phi) is 6.55. The van der Waals surface area contributed by atoms with Crippen LogP contribution < -0.4 is 4.72 Å². The van der Waals surface area contributed by atoms with E-state index in [1.54, 1.807) is 24.3 Å². The highest BCUT2D eigenvalue weighted by Gasteiger charge is 2.32. The number of benzene rings is 2. The zero-order valence-electron chi connectivity index (χ0n) is 17.2. The van der Waals surface area contributed by atoms with Gasteiger partial charge in [0, 0.05) is 13.2 Å². The Balaban J connectivity index is 1.57. The van der Waals surface area contributed by atoms with Gasteiger partial charge < -0.3 is 14.6 Å². The molecule has 2 fully saturated rings. The summed E-state index contributed by atoms with van der Waals surface area (Å²) in [5.74, 6) is 0. The van der Waals surface area contributed by atoms with Gasteiger partial charge in [-0.15, -0.1) is 0 Å². The van der Waals surface area contributed by atoms with Gasteiger partial charge in [0.2, 0.25) is 10.0 Å². The standard InChI is InChI=1S/C23H29NO5S/c1-16-6-12-19(13-7-16)30(26,27)24-22(20-4-2-14-28-20)17-8-10-18(11-9-17)23(25)21-5-3-15-29-21/h6-13,20-25H,2-5,14-15H2,1H3. The van der Waals surface area contributed by atoms with Crippen molar-refractivity contribution in [2.24, 2.45) is 0 Å². The van der Waals surface area contributed by atoms with Gasteiger partial charge in [-0.2, -0.15) is 0 Å². The van der Waals surface area contributed by atoms with Gasteiger partial charge >= 0.3 is 0 Å². The van der Waals surface area contributed by atoms with Crippen LogP contribution in [0, 0.1) is 6.92 Å². The van der Waals surface area contributed by atoms with Crippen LogP contribution in [-0.2, 0) is 19.5 Å². The number of ether oxygens (including phenoxy) is 2. The lowest BCUT2D eigenvalue weighted by molar-refractivity contribution is -0.00260. The topological polar surface area (TPSA) is 84.9 Å². The predicted octanol–water partition coefficient (Wildman–Crippen LogP) is 3.41. The number of aryl methyl sites for hydroxylation is 1. The molecule has 0 radical (unpaired) electrons. The molecular formula is C23H29NO5S. The van der Waals surface area contributed by atoms with E-state index in [0.29, 0.717) is 13.2 Å². The van der Waals surface area contributed by atoms with Crippen molar-refractivity contribution in [3.8, 4) is 0 Å². The smallest absolute Gasteiger partial charge is 0.241 e. The van der Waals surface area contributed by atoms with Crippen LogP contribution in [0.5, 0.6) is 0 Å². The number of aliphatic hydroxyl groups is 1. The largest absolute Gasteiger partial charge is 0.386 e. The summed E-state index contributed by atoms with van der Waals surface area (Å²) in [6.45, 7) is 3.23. The van der Waals surface area contributed by atoms with Crippen molar-refractivity contribution in [1.82, 2.24) is 4.72 Å². The minimum atomic E-state index is -3.70. The molecule has 30 heavy (non-hydrogen) atoms. The number of rotatable bonds is 7. The van der Waals surface area contributed by atoms with Gasteiger partial charge in [0.15, 0.2) is 0 Å². The Bertz CT molecular complexity index is 931. The fourth-order valence-corrected chi connectivity index (χ4v) is 5.40. The van der Waals surface area contributed by atoms with Crippen molar-refractivity contribution in [3.63, 3.8) is 0 Å². The summed E-state index contributed by atoms with van der Waals surface area (Å²) < 4.78 is 40.3. The molecule has 2 heterocycles. The van der Waals surface area contributed by atoms with Gasteiger partial charge in [0.1, 0.15) is 6.10 Å². The summed E-state index contributed by atoms with van der Waals surface area (Å²) in [7, 11) is -3.70. The van der Waals surface area contributed by atoms with E-state index in [1.165, 1.54) is 0 Å². The zero-order chi connectivity index (χ0) is 21.1. The third-order valence-electron chi connectivity index (χ3n) is 5.90. The number of nitrogens with one attached hydrogen (secondary N) is 1. The van der Waals surface area contributed by atoms with E-state index in [1.807, 2.05) is 31.2 Å². The third kappa shape index (κ3) is 4.76. The Morgan fingerprint density at radius 1 is 0.900 bits per heavy atom. The molecule has 7 heteroatoms. The second-order valence-corrected chi connectivity index (χ2v) is 9.84. The van der Waals surface area contributed by atoms with Gasteiger partial charge in [0.05, 0.1) is 23.1 Å². The van der Waals surface area contributed by atoms with Crippen molar-refractivity contribution in [2.45, 2.75) is 61.9 Å². The number of hydrogen-bond acceptors (Lipinski definition) is 5. The fraction of sp³-hybridized carbons (Fsp3) is 0.478. The van der Waals surface area contributed by atoms with Gasteiger partial charge in [-0.05, 0) is 55.9 Å². The van der Waals surface area contributed by atoms with Crippen LogP contribution in [0.25, 0.3) is 0 Å². The van der Waals surface area contributed by atoms with E-state index in [9.17, 15) is 13.5 Å². The molecule has 4 rings (SSSR count). The molecule has 4 atom stereocenters. The molecule has 2 aromatic rings. The molecule has 162 valence electrons. The first-order chi connectivity index (χ1) is 14.4.